The zero-order valence-electron chi connectivity index (χ0n) is 15.6. The van der Waals surface area contributed by atoms with Crippen LogP contribution in [0.4, 0.5) is 0 Å². The summed E-state index contributed by atoms with van der Waals surface area (Å²) in [4.78, 5) is 21.9. The molecule has 0 N–H and O–H groups in total. The summed E-state index contributed by atoms with van der Waals surface area (Å²) < 4.78 is 5.20. The van der Waals surface area contributed by atoms with Gasteiger partial charge < -0.3 is 9.64 Å². The molecule has 138 valence electrons. The van der Waals surface area contributed by atoms with Crippen LogP contribution in [0.5, 0.6) is 0 Å². The molecule has 3 rings (SSSR count). The number of hydrogen-bond donors (Lipinski definition) is 0. The van der Waals surface area contributed by atoms with Crippen molar-refractivity contribution in [2.75, 3.05) is 33.9 Å². The van der Waals surface area contributed by atoms with Gasteiger partial charge in [-0.2, -0.15) is 0 Å². The molecule has 1 saturated heterocycles. The van der Waals surface area contributed by atoms with Crippen LogP contribution in [0.3, 0.4) is 0 Å². The molecule has 1 aromatic rings. The van der Waals surface area contributed by atoms with Crippen molar-refractivity contribution >= 4 is 5.91 Å². The number of methoxy groups -OCH3 is 1. The Morgan fingerprint density at radius 3 is 2.88 bits per heavy atom. The first kappa shape index (κ1) is 18.3. The molecule has 0 bridgehead atoms. The third-order valence-corrected chi connectivity index (χ3v) is 5.84. The molecule has 25 heavy (non-hydrogen) atoms. The van der Waals surface area contributed by atoms with E-state index in [0.717, 1.165) is 63.9 Å². The zero-order valence-corrected chi connectivity index (χ0v) is 15.6. The first-order chi connectivity index (χ1) is 12.1. The SMILES string of the molecule is COCCC1(C(=O)N2CCCC(N(C)Cc3ccccn3)CC2)CC1. The highest BCUT2D eigenvalue weighted by Crippen LogP contribution is 2.50. The van der Waals surface area contributed by atoms with Gasteiger partial charge in [-0.25, -0.2) is 0 Å². The van der Waals surface area contributed by atoms with Gasteiger partial charge in [-0.3, -0.25) is 14.7 Å². The standard InChI is InChI=1S/C20H31N3O2/c1-22(16-17-6-3-4-12-21-17)18-7-5-13-23(14-8-18)19(24)20(9-10-20)11-15-25-2/h3-4,6,12,18H,5,7-11,13-16H2,1-2H3. The van der Waals surface area contributed by atoms with Gasteiger partial charge >= 0.3 is 0 Å². The number of nitrogens with zero attached hydrogens (tertiary/aromatic N) is 3. The van der Waals surface area contributed by atoms with Crippen LogP contribution in [0.2, 0.25) is 0 Å². The normalized spacial score (nSPS) is 22.7. The second kappa shape index (κ2) is 8.28. The zero-order chi connectivity index (χ0) is 17.7. The quantitative estimate of drug-likeness (QED) is 0.762. The minimum absolute atomic E-state index is 0.101. The van der Waals surface area contributed by atoms with Crippen molar-refractivity contribution in [2.45, 2.75) is 51.1 Å². The van der Waals surface area contributed by atoms with E-state index in [1.165, 1.54) is 0 Å². The molecule has 2 aliphatic rings. The molecular formula is C20H31N3O2. The lowest BCUT2D eigenvalue weighted by Gasteiger charge is -2.28. The molecule has 1 atom stereocenters. The van der Waals surface area contributed by atoms with E-state index in [9.17, 15) is 4.79 Å². The monoisotopic (exact) mass is 345 g/mol. The Morgan fingerprint density at radius 2 is 2.20 bits per heavy atom. The number of likely N-dealkylation sites (tertiary alicyclic amines) is 1. The molecule has 2 fully saturated rings. The van der Waals surface area contributed by atoms with Crippen molar-refractivity contribution in [2.24, 2.45) is 5.41 Å². The Hall–Kier alpha value is -1.46. The predicted octanol–water partition coefficient (Wildman–Crippen LogP) is 2.71. The molecule has 1 saturated carbocycles. The summed E-state index contributed by atoms with van der Waals surface area (Å²) in [6.07, 6.45) is 8.09. The molecule has 1 aliphatic carbocycles. The van der Waals surface area contributed by atoms with E-state index in [4.69, 9.17) is 4.74 Å². The predicted molar refractivity (Wildman–Crippen MR) is 98.1 cm³/mol. The van der Waals surface area contributed by atoms with E-state index >= 15 is 0 Å². The summed E-state index contributed by atoms with van der Waals surface area (Å²) >= 11 is 0. The molecule has 1 aromatic heterocycles. The summed E-state index contributed by atoms with van der Waals surface area (Å²) in [5, 5.41) is 0. The van der Waals surface area contributed by atoms with Gasteiger partial charge in [0.15, 0.2) is 0 Å². The molecule has 1 unspecified atom stereocenters. The average Bonchev–Trinajstić information content (AvgIpc) is 3.44. The fraction of sp³-hybridized carbons (Fsp3) is 0.700. The van der Waals surface area contributed by atoms with Gasteiger partial charge in [0.05, 0.1) is 11.1 Å². The van der Waals surface area contributed by atoms with E-state index in [1.54, 1.807) is 7.11 Å². The summed E-state index contributed by atoms with van der Waals surface area (Å²) in [5.74, 6) is 0.373. The molecular weight excluding hydrogens is 314 g/mol. The van der Waals surface area contributed by atoms with Gasteiger partial charge in [0.25, 0.3) is 0 Å². The van der Waals surface area contributed by atoms with Crippen molar-refractivity contribution in [3.05, 3.63) is 30.1 Å². The fourth-order valence-electron chi connectivity index (χ4n) is 3.95. The smallest absolute Gasteiger partial charge is 0.228 e. The van der Waals surface area contributed by atoms with E-state index in [1.807, 2.05) is 18.3 Å². The van der Waals surface area contributed by atoms with Crippen LogP contribution in [0.1, 0.15) is 44.2 Å². The number of carbonyl (C=O) groups is 1. The van der Waals surface area contributed by atoms with Crippen LogP contribution in [0.15, 0.2) is 24.4 Å². The maximum Gasteiger partial charge on any atom is 0.228 e. The third-order valence-electron chi connectivity index (χ3n) is 5.84. The number of rotatable bonds is 7. The Bertz CT molecular complexity index is 559. The lowest BCUT2D eigenvalue weighted by Crippen LogP contribution is -2.39. The highest BCUT2D eigenvalue weighted by Gasteiger charge is 2.51. The number of hydrogen-bond acceptors (Lipinski definition) is 4. The van der Waals surface area contributed by atoms with E-state index in [2.05, 4.69) is 27.9 Å². The average molecular weight is 345 g/mol. The molecule has 0 aromatic carbocycles. The first-order valence-electron chi connectivity index (χ1n) is 9.53. The Morgan fingerprint density at radius 1 is 1.36 bits per heavy atom. The van der Waals surface area contributed by atoms with E-state index < -0.39 is 0 Å². The summed E-state index contributed by atoms with van der Waals surface area (Å²) in [6, 6.07) is 6.60. The van der Waals surface area contributed by atoms with E-state index in [0.29, 0.717) is 18.6 Å². The van der Waals surface area contributed by atoms with Crippen LogP contribution < -0.4 is 0 Å². The highest BCUT2D eigenvalue weighted by molar-refractivity contribution is 5.85. The van der Waals surface area contributed by atoms with Crippen molar-refractivity contribution in [3.8, 4) is 0 Å². The van der Waals surface area contributed by atoms with Crippen LogP contribution in [0, 0.1) is 5.41 Å². The second-order valence-corrected chi connectivity index (χ2v) is 7.64. The number of carbonyl (C=O) groups excluding carboxylic acids is 1. The number of ether oxygens (including phenoxy) is 1. The fourth-order valence-corrected chi connectivity index (χ4v) is 3.95. The first-order valence-corrected chi connectivity index (χ1v) is 9.53. The molecule has 0 radical (unpaired) electrons. The van der Waals surface area contributed by atoms with Crippen molar-refractivity contribution < 1.29 is 9.53 Å². The minimum Gasteiger partial charge on any atom is -0.385 e. The minimum atomic E-state index is -0.101. The highest BCUT2D eigenvalue weighted by atomic mass is 16.5. The molecule has 1 amide bonds. The Labute approximate surface area is 151 Å². The van der Waals surface area contributed by atoms with Gasteiger partial charge in [0.1, 0.15) is 0 Å². The third kappa shape index (κ3) is 4.59. The molecule has 5 heteroatoms. The van der Waals surface area contributed by atoms with Crippen molar-refractivity contribution in [1.82, 2.24) is 14.8 Å². The largest absolute Gasteiger partial charge is 0.385 e. The molecule has 0 spiro atoms. The maximum atomic E-state index is 13.0. The van der Waals surface area contributed by atoms with Gasteiger partial charge in [0, 0.05) is 45.6 Å². The van der Waals surface area contributed by atoms with E-state index in [-0.39, 0.29) is 5.41 Å². The summed E-state index contributed by atoms with van der Waals surface area (Å²) in [5.41, 5.74) is 1.01. The van der Waals surface area contributed by atoms with Crippen LogP contribution in [0.25, 0.3) is 0 Å². The van der Waals surface area contributed by atoms with Gasteiger partial charge in [-0.15, -0.1) is 0 Å². The lowest BCUT2D eigenvalue weighted by molar-refractivity contribution is -0.137. The lowest BCUT2D eigenvalue weighted by atomic mass is 10.0. The molecule has 2 heterocycles. The van der Waals surface area contributed by atoms with Crippen LogP contribution in [-0.4, -0.2) is 60.6 Å². The van der Waals surface area contributed by atoms with Gasteiger partial charge in [-0.1, -0.05) is 6.07 Å². The summed E-state index contributed by atoms with van der Waals surface area (Å²) in [7, 11) is 3.90. The van der Waals surface area contributed by atoms with Gasteiger partial charge in [0.2, 0.25) is 5.91 Å². The Kier molecular flexibility index (Phi) is 6.07. The van der Waals surface area contributed by atoms with Crippen molar-refractivity contribution in [3.63, 3.8) is 0 Å². The maximum absolute atomic E-state index is 13.0. The Balaban J connectivity index is 1.52. The number of pyridine rings is 1. The van der Waals surface area contributed by atoms with Gasteiger partial charge in [-0.05, 0) is 57.7 Å². The van der Waals surface area contributed by atoms with Crippen LogP contribution >= 0.6 is 0 Å². The molecule has 1 aliphatic heterocycles. The molecule has 5 nitrogen and oxygen atoms in total. The number of aromatic nitrogens is 1. The topological polar surface area (TPSA) is 45.7 Å². The summed E-state index contributed by atoms with van der Waals surface area (Å²) in [6.45, 7) is 3.35. The van der Waals surface area contributed by atoms with Crippen LogP contribution in [-0.2, 0) is 16.1 Å². The number of amides is 1. The van der Waals surface area contributed by atoms with Crippen molar-refractivity contribution in [1.29, 1.82) is 0 Å². The second-order valence-electron chi connectivity index (χ2n) is 7.64.